The molecule has 1 aliphatic heterocycles. The fourth-order valence-electron chi connectivity index (χ4n) is 2.13. The number of anilines is 1. The summed E-state index contributed by atoms with van der Waals surface area (Å²) < 4.78 is 13.7. The van der Waals surface area contributed by atoms with Crippen molar-refractivity contribution in [1.29, 1.82) is 0 Å². The molecule has 1 aliphatic rings. The van der Waals surface area contributed by atoms with E-state index in [9.17, 15) is 19.3 Å². The molecule has 0 aliphatic carbocycles. The Labute approximate surface area is 125 Å². The van der Waals surface area contributed by atoms with E-state index in [0.29, 0.717) is 6.54 Å². The van der Waals surface area contributed by atoms with Gasteiger partial charge in [0.25, 0.3) is 11.6 Å². The van der Waals surface area contributed by atoms with Gasteiger partial charge >= 0.3 is 0 Å². The lowest BCUT2D eigenvalue weighted by molar-refractivity contribution is -0.385. The molecule has 21 heavy (non-hydrogen) atoms. The maximum atomic E-state index is 13.7. The first-order valence-electron chi connectivity index (χ1n) is 6.63. The van der Waals surface area contributed by atoms with E-state index in [-0.39, 0.29) is 17.3 Å². The smallest absolute Gasteiger partial charge is 0.285 e. The molecular weight excluding hydrogens is 297 g/mol. The first-order chi connectivity index (χ1) is 10.0. The fraction of sp³-hybridized carbons (Fsp3) is 0.462. The number of amides is 1. The summed E-state index contributed by atoms with van der Waals surface area (Å²) in [5, 5.41) is 16.5. The van der Waals surface area contributed by atoms with E-state index in [1.165, 1.54) is 6.07 Å². The Morgan fingerprint density at radius 1 is 1.57 bits per heavy atom. The van der Waals surface area contributed by atoms with Crippen LogP contribution in [0, 0.1) is 15.9 Å². The number of carbonyl (C=O) groups excluding carboxylic acids is 1. The third-order valence-electron chi connectivity index (χ3n) is 3.16. The van der Waals surface area contributed by atoms with Crippen molar-refractivity contribution in [3.05, 3.63) is 33.6 Å². The quantitative estimate of drug-likeness (QED) is 0.644. The van der Waals surface area contributed by atoms with Crippen LogP contribution in [0.2, 0.25) is 0 Å². The molecule has 1 amide bonds. The molecule has 8 heteroatoms. The second-order valence-electron chi connectivity index (χ2n) is 4.67. The minimum Gasteiger partial charge on any atom is -0.383 e. The third-order valence-corrected chi connectivity index (χ3v) is 4.32. The van der Waals surface area contributed by atoms with Gasteiger partial charge in [-0.1, -0.05) is 0 Å². The van der Waals surface area contributed by atoms with Crippen molar-refractivity contribution in [3.8, 4) is 0 Å². The molecular formula is C13H16FN3O3S. The van der Waals surface area contributed by atoms with Gasteiger partial charge in [0.2, 0.25) is 0 Å². The number of nitro benzene ring substituents is 1. The molecule has 114 valence electrons. The highest BCUT2D eigenvalue weighted by molar-refractivity contribution is 7.99. The predicted octanol–water partition coefficient (Wildman–Crippen LogP) is 2.40. The molecule has 2 rings (SSSR count). The lowest BCUT2D eigenvalue weighted by atomic mass is 10.1. The van der Waals surface area contributed by atoms with Crippen LogP contribution in [-0.4, -0.2) is 34.9 Å². The summed E-state index contributed by atoms with van der Waals surface area (Å²) in [5.74, 6) is 0.477. The Bertz CT molecular complexity index is 562. The van der Waals surface area contributed by atoms with Crippen LogP contribution in [0.5, 0.6) is 0 Å². The van der Waals surface area contributed by atoms with Gasteiger partial charge in [-0.25, -0.2) is 4.39 Å². The normalized spacial score (nSPS) is 17.5. The van der Waals surface area contributed by atoms with Crippen LogP contribution in [-0.2, 0) is 0 Å². The number of benzene rings is 1. The Kier molecular flexibility index (Phi) is 5.00. The molecule has 0 saturated carbocycles. The van der Waals surface area contributed by atoms with Gasteiger partial charge in [-0.2, -0.15) is 11.8 Å². The van der Waals surface area contributed by atoms with Crippen LogP contribution in [0.15, 0.2) is 12.1 Å². The zero-order valence-corrected chi connectivity index (χ0v) is 12.3. The summed E-state index contributed by atoms with van der Waals surface area (Å²) in [4.78, 5) is 22.5. The molecule has 1 heterocycles. The summed E-state index contributed by atoms with van der Waals surface area (Å²) in [6, 6.07) is 2.00. The molecule has 0 spiro atoms. The number of halogens is 1. The molecule has 0 bridgehead atoms. The van der Waals surface area contributed by atoms with Gasteiger partial charge in [0.05, 0.1) is 16.7 Å². The van der Waals surface area contributed by atoms with Crippen molar-refractivity contribution in [2.75, 3.05) is 23.4 Å². The largest absolute Gasteiger partial charge is 0.383 e. The molecule has 0 radical (unpaired) electrons. The zero-order valence-electron chi connectivity index (χ0n) is 11.5. The number of nitrogens with one attached hydrogen (secondary N) is 2. The van der Waals surface area contributed by atoms with E-state index in [1.807, 2.05) is 0 Å². The molecule has 2 N–H and O–H groups in total. The standard InChI is InChI=1S/C13H16FN3O3S/c1-2-15-11-5-9(12(17(19)20)6-10(11)14)13(18)16-8-3-4-21-7-8/h5-6,8,15H,2-4,7H2,1H3,(H,16,18). The lowest BCUT2D eigenvalue weighted by Crippen LogP contribution is -2.35. The first-order valence-corrected chi connectivity index (χ1v) is 7.78. The average molecular weight is 313 g/mol. The molecule has 1 aromatic carbocycles. The molecule has 1 unspecified atom stereocenters. The van der Waals surface area contributed by atoms with E-state index in [4.69, 9.17) is 0 Å². The van der Waals surface area contributed by atoms with E-state index < -0.39 is 22.3 Å². The molecule has 1 saturated heterocycles. The van der Waals surface area contributed by atoms with E-state index in [0.717, 1.165) is 24.0 Å². The number of nitro groups is 1. The van der Waals surface area contributed by atoms with Gasteiger partial charge in [0, 0.05) is 18.3 Å². The Balaban J connectivity index is 2.31. The summed E-state index contributed by atoms with van der Waals surface area (Å²) in [5.41, 5.74) is -0.541. The minimum atomic E-state index is -0.739. The monoisotopic (exact) mass is 313 g/mol. The van der Waals surface area contributed by atoms with Crippen molar-refractivity contribution in [3.63, 3.8) is 0 Å². The SMILES string of the molecule is CCNc1cc(C(=O)NC2CCSC2)c([N+](=O)[O-])cc1F. The highest BCUT2D eigenvalue weighted by Crippen LogP contribution is 2.27. The van der Waals surface area contributed by atoms with Gasteiger partial charge in [-0.3, -0.25) is 14.9 Å². The van der Waals surface area contributed by atoms with Gasteiger partial charge in [-0.15, -0.1) is 0 Å². The molecule has 6 nitrogen and oxygen atoms in total. The maximum absolute atomic E-state index is 13.7. The van der Waals surface area contributed by atoms with Gasteiger partial charge in [-0.05, 0) is 25.2 Å². The summed E-state index contributed by atoms with van der Waals surface area (Å²) in [6.45, 7) is 2.23. The second-order valence-corrected chi connectivity index (χ2v) is 5.82. The van der Waals surface area contributed by atoms with E-state index >= 15 is 0 Å². The predicted molar refractivity (Wildman–Crippen MR) is 80.4 cm³/mol. The Hall–Kier alpha value is -1.83. The zero-order chi connectivity index (χ0) is 15.4. The highest BCUT2D eigenvalue weighted by Gasteiger charge is 2.26. The van der Waals surface area contributed by atoms with Crippen LogP contribution in [0.4, 0.5) is 15.8 Å². The minimum absolute atomic E-state index is 0.00902. The first kappa shape index (κ1) is 15.6. The fourth-order valence-corrected chi connectivity index (χ4v) is 3.29. The number of hydrogen-bond acceptors (Lipinski definition) is 5. The Morgan fingerprint density at radius 2 is 2.33 bits per heavy atom. The molecule has 1 fully saturated rings. The lowest BCUT2D eigenvalue weighted by Gasteiger charge is -2.13. The number of rotatable bonds is 5. The summed E-state index contributed by atoms with van der Waals surface area (Å²) >= 11 is 1.72. The number of nitrogens with zero attached hydrogens (tertiary/aromatic N) is 1. The third kappa shape index (κ3) is 3.63. The van der Waals surface area contributed by atoms with E-state index in [2.05, 4.69) is 10.6 Å². The molecule has 0 aromatic heterocycles. The molecule has 1 aromatic rings. The maximum Gasteiger partial charge on any atom is 0.285 e. The number of hydrogen-bond donors (Lipinski definition) is 2. The number of carbonyl (C=O) groups is 1. The summed E-state index contributed by atoms with van der Waals surface area (Å²) in [7, 11) is 0. The Morgan fingerprint density at radius 3 is 2.90 bits per heavy atom. The van der Waals surface area contributed by atoms with Crippen LogP contribution < -0.4 is 10.6 Å². The van der Waals surface area contributed by atoms with Gasteiger partial charge in [0.15, 0.2) is 5.82 Å². The van der Waals surface area contributed by atoms with E-state index in [1.54, 1.807) is 18.7 Å². The van der Waals surface area contributed by atoms with Gasteiger partial charge < -0.3 is 10.6 Å². The average Bonchev–Trinajstić information content (AvgIpc) is 2.93. The van der Waals surface area contributed by atoms with Crippen molar-refractivity contribution in [1.82, 2.24) is 5.32 Å². The van der Waals surface area contributed by atoms with Crippen molar-refractivity contribution < 1.29 is 14.1 Å². The van der Waals surface area contributed by atoms with Crippen LogP contribution >= 0.6 is 11.8 Å². The van der Waals surface area contributed by atoms with Crippen molar-refractivity contribution >= 4 is 29.0 Å². The summed E-state index contributed by atoms with van der Waals surface area (Å²) in [6.07, 6.45) is 0.839. The second kappa shape index (κ2) is 6.75. The van der Waals surface area contributed by atoms with Crippen LogP contribution in [0.3, 0.4) is 0 Å². The highest BCUT2D eigenvalue weighted by atomic mass is 32.2. The number of thioether (sulfide) groups is 1. The van der Waals surface area contributed by atoms with Crippen LogP contribution in [0.1, 0.15) is 23.7 Å². The van der Waals surface area contributed by atoms with Crippen molar-refractivity contribution in [2.24, 2.45) is 0 Å². The molecule has 1 atom stereocenters. The van der Waals surface area contributed by atoms with Crippen LogP contribution in [0.25, 0.3) is 0 Å². The van der Waals surface area contributed by atoms with Gasteiger partial charge in [0.1, 0.15) is 5.56 Å². The van der Waals surface area contributed by atoms with Crippen molar-refractivity contribution in [2.45, 2.75) is 19.4 Å². The topological polar surface area (TPSA) is 84.3 Å².